The third-order valence-electron chi connectivity index (χ3n) is 6.20. The molecule has 2 aromatic carbocycles. The molecular weight excluding hydrogens is 464 g/mol. The van der Waals surface area contributed by atoms with Gasteiger partial charge < -0.3 is 31.5 Å². The highest BCUT2D eigenvalue weighted by Crippen LogP contribution is 2.20. The van der Waals surface area contributed by atoms with Gasteiger partial charge in [0.1, 0.15) is 23.9 Å². The largest absolute Gasteiger partial charge is 0.508 e. The molecule has 3 amide bonds. The summed E-state index contributed by atoms with van der Waals surface area (Å²) in [6, 6.07) is 11.6. The van der Waals surface area contributed by atoms with Crippen molar-refractivity contribution >= 4 is 23.7 Å². The number of nitrogens with two attached hydrogens (primary N) is 1. The lowest BCUT2D eigenvalue weighted by molar-refractivity contribution is -0.149. The molecule has 4 unspecified atom stereocenters. The molecule has 1 fully saturated rings. The number of carboxylic acid groups (broad SMARTS) is 1. The zero-order chi connectivity index (χ0) is 26.2. The first-order valence-electron chi connectivity index (χ1n) is 11.9. The predicted octanol–water partition coefficient (Wildman–Crippen LogP) is 0.570. The Morgan fingerprint density at radius 3 is 2.25 bits per heavy atom. The minimum absolute atomic E-state index is 0.0549. The van der Waals surface area contributed by atoms with Gasteiger partial charge in [-0.2, -0.15) is 0 Å². The molecule has 2 aromatic rings. The van der Waals surface area contributed by atoms with E-state index in [1.165, 1.54) is 24.0 Å². The van der Waals surface area contributed by atoms with Crippen molar-refractivity contribution in [1.82, 2.24) is 15.5 Å². The van der Waals surface area contributed by atoms with E-state index in [1.54, 1.807) is 12.1 Å². The third-order valence-corrected chi connectivity index (χ3v) is 6.20. The summed E-state index contributed by atoms with van der Waals surface area (Å²) in [6.07, 6.45) is 1.28. The maximum atomic E-state index is 13.3. The summed E-state index contributed by atoms with van der Waals surface area (Å²) in [6.45, 7) is 1.76. The number of rotatable bonds is 10. The van der Waals surface area contributed by atoms with Crippen LogP contribution in [0.3, 0.4) is 0 Å². The lowest BCUT2D eigenvalue weighted by atomic mass is 10.0. The van der Waals surface area contributed by atoms with Gasteiger partial charge in [-0.05, 0) is 49.4 Å². The molecule has 0 bridgehead atoms. The van der Waals surface area contributed by atoms with E-state index in [2.05, 4.69) is 10.6 Å². The maximum Gasteiger partial charge on any atom is 0.326 e. The molecule has 1 heterocycles. The Labute approximate surface area is 209 Å². The summed E-state index contributed by atoms with van der Waals surface area (Å²) in [7, 11) is 0. The highest BCUT2D eigenvalue weighted by atomic mass is 16.4. The first-order valence-corrected chi connectivity index (χ1v) is 11.9. The average Bonchev–Trinajstić information content (AvgIpc) is 3.35. The fraction of sp³-hybridized carbons (Fsp3) is 0.385. The van der Waals surface area contributed by atoms with Gasteiger partial charge in [0.05, 0.1) is 6.04 Å². The van der Waals surface area contributed by atoms with Crippen LogP contribution in [-0.4, -0.2) is 69.5 Å². The van der Waals surface area contributed by atoms with Gasteiger partial charge in [0.15, 0.2) is 0 Å². The SMILES string of the molecule is CC(NC(=O)C(N)Cc1ccccc1)C(=O)NC(Cc1ccc(O)cc1)C(=O)N1CCCC1C(=O)O. The fourth-order valence-corrected chi connectivity index (χ4v) is 4.20. The minimum Gasteiger partial charge on any atom is -0.508 e. The van der Waals surface area contributed by atoms with Gasteiger partial charge in [-0.25, -0.2) is 4.79 Å². The number of nitrogens with zero attached hydrogens (tertiary/aromatic N) is 1. The number of likely N-dealkylation sites (tertiary alicyclic amines) is 1. The number of hydrogen-bond donors (Lipinski definition) is 5. The van der Waals surface area contributed by atoms with Crippen molar-refractivity contribution < 1.29 is 29.4 Å². The van der Waals surface area contributed by atoms with Gasteiger partial charge in [0.2, 0.25) is 17.7 Å². The topological polar surface area (TPSA) is 162 Å². The van der Waals surface area contributed by atoms with Gasteiger partial charge >= 0.3 is 5.97 Å². The van der Waals surface area contributed by atoms with Crippen molar-refractivity contribution in [2.75, 3.05) is 6.54 Å². The highest BCUT2D eigenvalue weighted by Gasteiger charge is 2.38. The van der Waals surface area contributed by atoms with Crippen LogP contribution in [-0.2, 0) is 32.0 Å². The second kappa shape index (κ2) is 12.2. The van der Waals surface area contributed by atoms with E-state index < -0.39 is 47.9 Å². The second-order valence-corrected chi connectivity index (χ2v) is 8.99. The number of carbonyl (C=O) groups is 4. The predicted molar refractivity (Wildman–Crippen MR) is 132 cm³/mol. The van der Waals surface area contributed by atoms with Crippen molar-refractivity contribution in [3.63, 3.8) is 0 Å². The fourth-order valence-electron chi connectivity index (χ4n) is 4.20. The van der Waals surface area contributed by atoms with Crippen LogP contribution < -0.4 is 16.4 Å². The number of nitrogens with one attached hydrogen (secondary N) is 2. The van der Waals surface area contributed by atoms with Gasteiger partial charge in [0, 0.05) is 13.0 Å². The molecule has 0 aliphatic carbocycles. The standard InChI is InChI=1S/C26H32N4O6/c1-16(28-24(33)20(27)14-17-6-3-2-4-7-17)23(32)29-21(15-18-9-11-19(31)12-10-18)25(34)30-13-5-8-22(30)26(35)36/h2-4,6-7,9-12,16,20-22,31H,5,8,13-15,27H2,1H3,(H,28,33)(H,29,32)(H,35,36). The molecular formula is C26H32N4O6. The summed E-state index contributed by atoms with van der Waals surface area (Å²) < 4.78 is 0. The van der Waals surface area contributed by atoms with E-state index in [0.717, 1.165) is 5.56 Å². The molecule has 0 spiro atoms. The monoisotopic (exact) mass is 496 g/mol. The first-order chi connectivity index (χ1) is 17.2. The van der Waals surface area contributed by atoms with Crippen LogP contribution in [0.2, 0.25) is 0 Å². The second-order valence-electron chi connectivity index (χ2n) is 8.99. The summed E-state index contributed by atoms with van der Waals surface area (Å²) in [5.74, 6) is -2.66. The van der Waals surface area contributed by atoms with Crippen LogP contribution in [0.25, 0.3) is 0 Å². The minimum atomic E-state index is -1.09. The van der Waals surface area contributed by atoms with E-state index in [-0.39, 0.29) is 18.7 Å². The van der Waals surface area contributed by atoms with Gasteiger partial charge in [-0.3, -0.25) is 14.4 Å². The van der Waals surface area contributed by atoms with E-state index in [9.17, 15) is 29.4 Å². The molecule has 36 heavy (non-hydrogen) atoms. The molecule has 192 valence electrons. The maximum absolute atomic E-state index is 13.3. The molecule has 10 nitrogen and oxygen atoms in total. The zero-order valence-corrected chi connectivity index (χ0v) is 20.1. The van der Waals surface area contributed by atoms with Crippen LogP contribution in [0.5, 0.6) is 5.75 Å². The van der Waals surface area contributed by atoms with Crippen LogP contribution in [0.15, 0.2) is 54.6 Å². The first kappa shape index (κ1) is 26.7. The van der Waals surface area contributed by atoms with Gasteiger partial charge in [0.25, 0.3) is 0 Å². The van der Waals surface area contributed by atoms with Crippen molar-refractivity contribution in [3.8, 4) is 5.75 Å². The van der Waals surface area contributed by atoms with E-state index >= 15 is 0 Å². The Bertz CT molecular complexity index is 1080. The molecule has 0 aromatic heterocycles. The molecule has 0 saturated carbocycles. The Balaban J connectivity index is 1.68. The normalized spacial score (nSPS) is 17.6. The number of carbonyl (C=O) groups excluding carboxylic acids is 3. The quantitative estimate of drug-likeness (QED) is 0.321. The van der Waals surface area contributed by atoms with Crippen LogP contribution in [0.4, 0.5) is 0 Å². The van der Waals surface area contributed by atoms with Gasteiger partial charge in [-0.15, -0.1) is 0 Å². The number of aliphatic carboxylic acids is 1. The lowest BCUT2D eigenvalue weighted by Crippen LogP contribution is -2.57. The molecule has 1 aliphatic rings. The van der Waals surface area contributed by atoms with Crippen molar-refractivity contribution in [1.29, 1.82) is 0 Å². The Kier molecular flexibility index (Phi) is 9.02. The molecule has 1 saturated heterocycles. The van der Waals surface area contributed by atoms with Crippen molar-refractivity contribution in [3.05, 3.63) is 65.7 Å². The average molecular weight is 497 g/mol. The molecule has 1 aliphatic heterocycles. The van der Waals surface area contributed by atoms with E-state index in [0.29, 0.717) is 24.8 Å². The molecule has 10 heteroatoms. The van der Waals surface area contributed by atoms with Crippen molar-refractivity contribution in [2.24, 2.45) is 5.73 Å². The number of amides is 3. The van der Waals surface area contributed by atoms with E-state index in [1.807, 2.05) is 30.3 Å². The van der Waals surface area contributed by atoms with Crippen molar-refractivity contribution in [2.45, 2.75) is 56.8 Å². The molecule has 6 N–H and O–H groups in total. The molecule has 0 radical (unpaired) electrons. The number of benzene rings is 2. The number of phenolic OH excluding ortho intramolecular Hbond substituents is 1. The Hall–Kier alpha value is -3.92. The molecule has 3 rings (SSSR count). The zero-order valence-electron chi connectivity index (χ0n) is 20.1. The third kappa shape index (κ3) is 7.05. The van der Waals surface area contributed by atoms with Crippen LogP contribution in [0, 0.1) is 0 Å². The highest BCUT2D eigenvalue weighted by molar-refractivity contribution is 5.94. The number of hydrogen-bond acceptors (Lipinski definition) is 6. The number of carboxylic acids is 1. The van der Waals surface area contributed by atoms with E-state index in [4.69, 9.17) is 5.73 Å². The number of aromatic hydroxyl groups is 1. The molecule has 4 atom stereocenters. The van der Waals surface area contributed by atoms with Crippen LogP contribution >= 0.6 is 0 Å². The lowest BCUT2D eigenvalue weighted by Gasteiger charge is -2.28. The van der Waals surface area contributed by atoms with Crippen LogP contribution in [0.1, 0.15) is 30.9 Å². The summed E-state index contributed by atoms with van der Waals surface area (Å²) in [5.41, 5.74) is 7.56. The number of phenols is 1. The summed E-state index contributed by atoms with van der Waals surface area (Å²) >= 11 is 0. The Morgan fingerprint density at radius 2 is 1.61 bits per heavy atom. The van der Waals surface area contributed by atoms with Gasteiger partial charge in [-0.1, -0.05) is 42.5 Å². The summed E-state index contributed by atoms with van der Waals surface area (Å²) in [4.78, 5) is 51.7. The summed E-state index contributed by atoms with van der Waals surface area (Å²) in [5, 5.41) is 24.3. The smallest absolute Gasteiger partial charge is 0.326 e. The Morgan fingerprint density at radius 1 is 0.972 bits per heavy atom.